The Balaban J connectivity index is 1.70. The average molecular weight is 414 g/mol. The van der Waals surface area contributed by atoms with E-state index in [1.807, 2.05) is 25.1 Å². The first-order valence-corrected chi connectivity index (χ1v) is 9.73. The van der Waals surface area contributed by atoms with Crippen LogP contribution in [-0.2, 0) is 9.59 Å². The van der Waals surface area contributed by atoms with E-state index < -0.39 is 17.7 Å². The SMILES string of the molecule is Cc1cccc(N2C(=O)C(=O)/C(=C(\O)c3ccc4c(c3)OCO4)C2c2ccccn2)c1. The zero-order chi connectivity index (χ0) is 21.5. The van der Waals surface area contributed by atoms with Crippen molar-refractivity contribution in [3.05, 3.63) is 89.3 Å². The molecule has 1 fully saturated rings. The molecule has 7 nitrogen and oxygen atoms in total. The molecule has 0 spiro atoms. The minimum atomic E-state index is -0.867. The van der Waals surface area contributed by atoms with Gasteiger partial charge in [-0.3, -0.25) is 19.5 Å². The summed E-state index contributed by atoms with van der Waals surface area (Å²) in [5, 5.41) is 11.1. The standard InChI is InChI=1S/C24H18N2O5/c1-14-5-4-6-16(11-14)26-21(17-7-2-3-10-25-17)20(23(28)24(26)29)22(27)15-8-9-18-19(12-15)31-13-30-18/h2-12,21,27H,13H2,1H3/b22-20-. The minimum Gasteiger partial charge on any atom is -0.507 e. The lowest BCUT2D eigenvalue weighted by atomic mass is 9.98. The van der Waals surface area contributed by atoms with Crippen molar-refractivity contribution >= 4 is 23.1 Å². The Morgan fingerprint density at radius 3 is 2.65 bits per heavy atom. The maximum Gasteiger partial charge on any atom is 0.300 e. The number of Topliss-reactive ketones (excluding diaryl/α,β-unsaturated/α-hetero) is 1. The zero-order valence-electron chi connectivity index (χ0n) is 16.6. The number of carbonyl (C=O) groups excluding carboxylic acids is 2. The normalized spacial score (nSPS) is 19.1. The second kappa shape index (κ2) is 7.28. The van der Waals surface area contributed by atoms with Gasteiger partial charge in [-0.1, -0.05) is 18.2 Å². The van der Waals surface area contributed by atoms with E-state index in [9.17, 15) is 14.7 Å². The first-order chi connectivity index (χ1) is 15.0. The number of rotatable bonds is 3. The van der Waals surface area contributed by atoms with Crippen LogP contribution in [0.4, 0.5) is 5.69 Å². The van der Waals surface area contributed by atoms with Crippen LogP contribution in [0.25, 0.3) is 5.76 Å². The van der Waals surface area contributed by atoms with Gasteiger partial charge in [-0.05, 0) is 55.0 Å². The summed E-state index contributed by atoms with van der Waals surface area (Å²) in [6.45, 7) is 1.99. The molecule has 1 unspecified atom stereocenters. The molecule has 1 aromatic heterocycles. The topological polar surface area (TPSA) is 89.0 Å². The van der Waals surface area contributed by atoms with Crippen molar-refractivity contribution in [3.8, 4) is 11.5 Å². The molecule has 0 radical (unpaired) electrons. The van der Waals surface area contributed by atoms with Crippen LogP contribution in [0.1, 0.15) is 22.9 Å². The summed E-state index contributed by atoms with van der Waals surface area (Å²) in [5.74, 6) is -0.761. The highest BCUT2D eigenvalue weighted by Gasteiger charge is 2.47. The van der Waals surface area contributed by atoms with Gasteiger partial charge in [-0.25, -0.2) is 0 Å². The van der Waals surface area contributed by atoms with Crippen molar-refractivity contribution in [2.24, 2.45) is 0 Å². The third-order valence-corrected chi connectivity index (χ3v) is 5.34. The minimum absolute atomic E-state index is 0.0240. The van der Waals surface area contributed by atoms with E-state index in [0.717, 1.165) is 5.56 Å². The van der Waals surface area contributed by atoms with Crippen molar-refractivity contribution in [3.63, 3.8) is 0 Å². The molecule has 0 bridgehead atoms. The highest BCUT2D eigenvalue weighted by atomic mass is 16.7. The van der Waals surface area contributed by atoms with Gasteiger partial charge in [0.2, 0.25) is 6.79 Å². The fraction of sp³-hybridized carbons (Fsp3) is 0.125. The van der Waals surface area contributed by atoms with E-state index in [1.165, 1.54) is 4.90 Å². The molecule has 3 aromatic rings. The van der Waals surface area contributed by atoms with Gasteiger partial charge in [0.1, 0.15) is 11.8 Å². The Morgan fingerprint density at radius 2 is 1.87 bits per heavy atom. The van der Waals surface area contributed by atoms with E-state index in [0.29, 0.717) is 28.4 Å². The number of anilines is 1. The number of nitrogens with zero attached hydrogens (tertiary/aromatic N) is 2. The maximum atomic E-state index is 13.1. The van der Waals surface area contributed by atoms with Gasteiger partial charge in [0.05, 0.1) is 11.3 Å². The second-order valence-corrected chi connectivity index (χ2v) is 7.33. The molecule has 5 rings (SSSR count). The van der Waals surface area contributed by atoms with E-state index in [2.05, 4.69) is 4.98 Å². The quantitative estimate of drug-likeness (QED) is 0.399. The third-order valence-electron chi connectivity index (χ3n) is 5.34. The van der Waals surface area contributed by atoms with Crippen LogP contribution in [0.5, 0.6) is 11.5 Å². The molecule has 0 saturated carbocycles. The molecular weight excluding hydrogens is 396 g/mol. The Kier molecular flexibility index (Phi) is 4.43. The first-order valence-electron chi connectivity index (χ1n) is 9.73. The molecule has 2 aliphatic heterocycles. The molecule has 2 aromatic carbocycles. The number of aromatic nitrogens is 1. The Hall–Kier alpha value is -4.13. The van der Waals surface area contributed by atoms with Crippen molar-refractivity contribution in [2.75, 3.05) is 11.7 Å². The molecule has 2 aliphatic rings. The zero-order valence-corrected chi connectivity index (χ0v) is 16.6. The summed E-state index contributed by atoms with van der Waals surface area (Å²) in [5.41, 5.74) is 2.31. The van der Waals surface area contributed by atoms with Gasteiger partial charge in [0.25, 0.3) is 11.7 Å². The van der Waals surface area contributed by atoms with Crippen LogP contribution in [0, 0.1) is 6.92 Å². The maximum absolute atomic E-state index is 13.1. The van der Waals surface area contributed by atoms with E-state index in [1.54, 1.807) is 48.7 Å². The number of benzene rings is 2. The van der Waals surface area contributed by atoms with Gasteiger partial charge < -0.3 is 14.6 Å². The highest BCUT2D eigenvalue weighted by molar-refractivity contribution is 6.51. The monoisotopic (exact) mass is 414 g/mol. The fourth-order valence-electron chi connectivity index (χ4n) is 3.89. The van der Waals surface area contributed by atoms with Gasteiger partial charge in [0.15, 0.2) is 11.5 Å². The summed E-state index contributed by atoms with van der Waals surface area (Å²) >= 11 is 0. The molecule has 31 heavy (non-hydrogen) atoms. The number of pyridine rings is 1. The van der Waals surface area contributed by atoms with Crippen LogP contribution in [0.3, 0.4) is 0 Å². The molecule has 0 aliphatic carbocycles. The van der Waals surface area contributed by atoms with Gasteiger partial charge in [-0.2, -0.15) is 0 Å². The largest absolute Gasteiger partial charge is 0.507 e. The molecule has 154 valence electrons. The molecule has 1 N–H and O–H groups in total. The number of aliphatic hydroxyl groups excluding tert-OH is 1. The van der Waals surface area contributed by atoms with Crippen molar-refractivity contribution in [2.45, 2.75) is 13.0 Å². The van der Waals surface area contributed by atoms with E-state index in [4.69, 9.17) is 9.47 Å². The van der Waals surface area contributed by atoms with Crippen molar-refractivity contribution in [1.29, 1.82) is 0 Å². The fourth-order valence-corrected chi connectivity index (χ4v) is 3.89. The Morgan fingerprint density at radius 1 is 1.03 bits per heavy atom. The first kappa shape index (κ1) is 18.9. The Labute approximate surface area is 178 Å². The molecular formula is C24H18N2O5. The number of hydrogen-bond donors (Lipinski definition) is 1. The number of hydrogen-bond acceptors (Lipinski definition) is 6. The number of carbonyl (C=O) groups is 2. The summed E-state index contributed by atoms with van der Waals surface area (Å²) in [4.78, 5) is 32.0. The average Bonchev–Trinajstić information content (AvgIpc) is 3.36. The van der Waals surface area contributed by atoms with Crippen LogP contribution in [-0.4, -0.2) is 28.6 Å². The van der Waals surface area contributed by atoms with Gasteiger partial charge >= 0.3 is 0 Å². The smallest absolute Gasteiger partial charge is 0.300 e. The van der Waals surface area contributed by atoms with E-state index in [-0.39, 0.29) is 18.1 Å². The van der Waals surface area contributed by atoms with Crippen molar-refractivity contribution < 1.29 is 24.2 Å². The molecule has 7 heteroatoms. The number of amides is 1. The second-order valence-electron chi connectivity index (χ2n) is 7.33. The predicted octanol–water partition coefficient (Wildman–Crippen LogP) is 3.75. The summed E-state index contributed by atoms with van der Waals surface area (Å²) in [6.07, 6.45) is 1.59. The van der Waals surface area contributed by atoms with Gasteiger partial charge in [0, 0.05) is 17.4 Å². The lowest BCUT2D eigenvalue weighted by molar-refractivity contribution is -0.132. The Bertz CT molecular complexity index is 1240. The molecule has 3 heterocycles. The molecule has 1 saturated heterocycles. The summed E-state index contributed by atoms with van der Waals surface area (Å²) in [6, 6.07) is 16.6. The molecule has 1 amide bonds. The van der Waals surface area contributed by atoms with Crippen LogP contribution >= 0.6 is 0 Å². The number of aliphatic hydroxyl groups is 1. The number of fused-ring (bicyclic) bond motifs is 1. The van der Waals surface area contributed by atoms with Crippen LogP contribution < -0.4 is 14.4 Å². The van der Waals surface area contributed by atoms with Crippen LogP contribution in [0.15, 0.2) is 72.4 Å². The van der Waals surface area contributed by atoms with Crippen molar-refractivity contribution in [1.82, 2.24) is 4.98 Å². The number of aryl methyl sites for hydroxylation is 1. The predicted molar refractivity (Wildman–Crippen MR) is 113 cm³/mol. The molecule has 1 atom stereocenters. The summed E-state index contributed by atoms with van der Waals surface area (Å²) < 4.78 is 10.7. The highest BCUT2D eigenvalue weighted by Crippen LogP contribution is 2.42. The van der Waals surface area contributed by atoms with Gasteiger partial charge in [-0.15, -0.1) is 0 Å². The number of ketones is 1. The lowest BCUT2D eigenvalue weighted by Crippen LogP contribution is -2.29. The lowest BCUT2D eigenvalue weighted by Gasteiger charge is -2.24. The number of ether oxygens (including phenoxy) is 2. The van der Waals surface area contributed by atoms with Crippen LogP contribution in [0.2, 0.25) is 0 Å². The summed E-state index contributed by atoms with van der Waals surface area (Å²) in [7, 11) is 0. The third kappa shape index (κ3) is 3.11. The van der Waals surface area contributed by atoms with E-state index >= 15 is 0 Å².